The highest BCUT2D eigenvalue weighted by molar-refractivity contribution is 5.48. The monoisotopic (exact) mass is 313 g/mol. The third-order valence-corrected chi connectivity index (χ3v) is 3.53. The van der Waals surface area contributed by atoms with Crippen LogP contribution in [0.4, 0.5) is 5.69 Å². The van der Waals surface area contributed by atoms with E-state index in [1.54, 1.807) is 0 Å². The van der Waals surface area contributed by atoms with Gasteiger partial charge in [0.2, 0.25) is 0 Å². The van der Waals surface area contributed by atoms with Gasteiger partial charge in [-0.15, -0.1) is 0 Å². The predicted octanol–water partition coefficient (Wildman–Crippen LogP) is 5.12. The van der Waals surface area contributed by atoms with Crippen molar-refractivity contribution < 1.29 is 9.47 Å². The Labute approximate surface area is 139 Å². The molecule has 0 atom stereocenters. The van der Waals surface area contributed by atoms with Crippen molar-refractivity contribution in [1.29, 1.82) is 0 Å². The zero-order chi connectivity index (χ0) is 16.5. The summed E-state index contributed by atoms with van der Waals surface area (Å²) in [7, 11) is 0. The van der Waals surface area contributed by atoms with E-state index in [0.29, 0.717) is 12.5 Å². The molecule has 1 N–H and O–H groups in total. The lowest BCUT2D eigenvalue weighted by Gasteiger charge is -2.10. The Morgan fingerprint density at radius 2 is 1.74 bits per heavy atom. The first-order valence-electron chi connectivity index (χ1n) is 8.36. The molecule has 0 spiro atoms. The van der Waals surface area contributed by atoms with Crippen molar-refractivity contribution in [2.45, 2.75) is 33.7 Å². The largest absolute Gasteiger partial charge is 0.494 e. The van der Waals surface area contributed by atoms with Gasteiger partial charge in [0, 0.05) is 18.3 Å². The molecule has 0 aliphatic heterocycles. The SMILES string of the molecule is CCOc1cccc(NCc2ccc(OCCC(C)C)cc2)c1. The van der Waals surface area contributed by atoms with Gasteiger partial charge < -0.3 is 14.8 Å². The lowest BCUT2D eigenvalue weighted by molar-refractivity contribution is 0.289. The zero-order valence-corrected chi connectivity index (χ0v) is 14.3. The Morgan fingerprint density at radius 3 is 2.43 bits per heavy atom. The predicted molar refractivity (Wildman–Crippen MR) is 96.3 cm³/mol. The Kier molecular flexibility index (Phi) is 6.79. The van der Waals surface area contributed by atoms with Gasteiger partial charge in [0.25, 0.3) is 0 Å². The van der Waals surface area contributed by atoms with E-state index in [4.69, 9.17) is 9.47 Å². The summed E-state index contributed by atoms with van der Waals surface area (Å²) >= 11 is 0. The van der Waals surface area contributed by atoms with E-state index in [-0.39, 0.29) is 0 Å². The van der Waals surface area contributed by atoms with Crippen LogP contribution in [-0.2, 0) is 6.54 Å². The number of ether oxygens (including phenoxy) is 2. The van der Waals surface area contributed by atoms with Crippen molar-refractivity contribution in [2.24, 2.45) is 5.92 Å². The van der Waals surface area contributed by atoms with Crippen molar-refractivity contribution in [1.82, 2.24) is 0 Å². The third kappa shape index (κ3) is 6.23. The highest BCUT2D eigenvalue weighted by Crippen LogP contribution is 2.19. The van der Waals surface area contributed by atoms with Crippen molar-refractivity contribution >= 4 is 5.69 Å². The van der Waals surface area contributed by atoms with E-state index >= 15 is 0 Å². The molecule has 0 bridgehead atoms. The van der Waals surface area contributed by atoms with Crippen LogP contribution < -0.4 is 14.8 Å². The molecular weight excluding hydrogens is 286 g/mol. The average Bonchev–Trinajstić information content (AvgIpc) is 2.54. The van der Waals surface area contributed by atoms with Gasteiger partial charge in [-0.2, -0.15) is 0 Å². The minimum atomic E-state index is 0.672. The molecule has 0 unspecified atom stereocenters. The molecule has 0 aromatic heterocycles. The molecule has 124 valence electrons. The number of nitrogens with one attached hydrogen (secondary N) is 1. The van der Waals surface area contributed by atoms with Crippen LogP contribution in [-0.4, -0.2) is 13.2 Å². The summed E-state index contributed by atoms with van der Waals surface area (Å²) < 4.78 is 11.3. The van der Waals surface area contributed by atoms with Crippen LogP contribution in [0.5, 0.6) is 11.5 Å². The van der Waals surface area contributed by atoms with E-state index in [9.17, 15) is 0 Å². The van der Waals surface area contributed by atoms with Crippen LogP contribution >= 0.6 is 0 Å². The Bertz CT molecular complexity index is 578. The fourth-order valence-corrected chi connectivity index (χ4v) is 2.18. The topological polar surface area (TPSA) is 30.5 Å². The molecule has 0 fully saturated rings. The number of rotatable bonds is 9. The minimum Gasteiger partial charge on any atom is -0.494 e. The molecule has 2 rings (SSSR count). The van der Waals surface area contributed by atoms with Crippen LogP contribution in [0.15, 0.2) is 48.5 Å². The minimum absolute atomic E-state index is 0.672. The maximum atomic E-state index is 5.74. The maximum Gasteiger partial charge on any atom is 0.121 e. The lowest BCUT2D eigenvalue weighted by Crippen LogP contribution is -2.02. The molecule has 0 saturated carbocycles. The summed E-state index contributed by atoms with van der Waals surface area (Å²) in [6.07, 6.45) is 1.08. The molecule has 3 nitrogen and oxygen atoms in total. The molecule has 0 saturated heterocycles. The van der Waals surface area contributed by atoms with Crippen molar-refractivity contribution in [3.63, 3.8) is 0 Å². The van der Waals surface area contributed by atoms with Crippen molar-refractivity contribution in [3.05, 3.63) is 54.1 Å². The fourth-order valence-electron chi connectivity index (χ4n) is 2.18. The van der Waals surface area contributed by atoms with Crippen LogP contribution in [0.25, 0.3) is 0 Å². The van der Waals surface area contributed by atoms with Gasteiger partial charge in [-0.1, -0.05) is 32.0 Å². The molecule has 0 heterocycles. The highest BCUT2D eigenvalue weighted by atomic mass is 16.5. The molecule has 23 heavy (non-hydrogen) atoms. The van der Waals surface area contributed by atoms with E-state index in [1.807, 2.05) is 43.3 Å². The Morgan fingerprint density at radius 1 is 0.957 bits per heavy atom. The summed E-state index contributed by atoms with van der Waals surface area (Å²) in [5.74, 6) is 2.50. The molecule has 0 aliphatic rings. The van der Waals surface area contributed by atoms with Gasteiger partial charge in [0.05, 0.1) is 13.2 Å². The van der Waals surface area contributed by atoms with Crippen molar-refractivity contribution in [3.8, 4) is 11.5 Å². The quantitative estimate of drug-likeness (QED) is 0.697. The molecule has 0 aliphatic carbocycles. The highest BCUT2D eigenvalue weighted by Gasteiger charge is 1.99. The summed E-state index contributed by atoms with van der Waals surface area (Å²) in [6.45, 7) is 8.64. The molecule has 0 radical (unpaired) electrons. The van der Waals surface area contributed by atoms with Gasteiger partial charge in [-0.25, -0.2) is 0 Å². The Hall–Kier alpha value is -2.16. The zero-order valence-electron chi connectivity index (χ0n) is 14.3. The average molecular weight is 313 g/mol. The number of benzene rings is 2. The maximum absolute atomic E-state index is 5.74. The van der Waals surface area contributed by atoms with Crippen LogP contribution in [0.3, 0.4) is 0 Å². The fraction of sp³-hybridized carbons (Fsp3) is 0.400. The molecular formula is C20H27NO2. The normalized spacial score (nSPS) is 10.6. The van der Waals surface area contributed by atoms with Gasteiger partial charge in [0.1, 0.15) is 11.5 Å². The van der Waals surface area contributed by atoms with Gasteiger partial charge in [0.15, 0.2) is 0 Å². The summed E-state index contributed by atoms with van der Waals surface area (Å²) in [5, 5.41) is 3.42. The van der Waals surface area contributed by atoms with Gasteiger partial charge in [-0.3, -0.25) is 0 Å². The molecule has 0 amide bonds. The summed E-state index contributed by atoms with van der Waals surface area (Å²) in [5.41, 5.74) is 2.29. The second kappa shape index (κ2) is 9.09. The van der Waals surface area contributed by atoms with E-state index in [0.717, 1.165) is 36.8 Å². The second-order valence-electron chi connectivity index (χ2n) is 5.99. The summed E-state index contributed by atoms with van der Waals surface area (Å²) in [4.78, 5) is 0. The molecule has 2 aromatic rings. The molecule has 2 aromatic carbocycles. The van der Waals surface area contributed by atoms with Crippen LogP contribution in [0.1, 0.15) is 32.8 Å². The van der Waals surface area contributed by atoms with Gasteiger partial charge in [-0.05, 0) is 49.1 Å². The first-order valence-corrected chi connectivity index (χ1v) is 8.36. The number of anilines is 1. The lowest BCUT2D eigenvalue weighted by atomic mass is 10.1. The van der Waals surface area contributed by atoms with Crippen LogP contribution in [0.2, 0.25) is 0 Å². The van der Waals surface area contributed by atoms with E-state index < -0.39 is 0 Å². The van der Waals surface area contributed by atoms with Gasteiger partial charge >= 0.3 is 0 Å². The van der Waals surface area contributed by atoms with Crippen LogP contribution in [0, 0.1) is 5.92 Å². The van der Waals surface area contributed by atoms with E-state index in [2.05, 4.69) is 31.3 Å². The molecule has 3 heteroatoms. The third-order valence-electron chi connectivity index (χ3n) is 3.53. The summed E-state index contributed by atoms with van der Waals surface area (Å²) in [6, 6.07) is 16.3. The first kappa shape index (κ1) is 17.2. The standard InChI is InChI=1S/C20H27NO2/c1-4-22-20-7-5-6-18(14-20)21-15-17-8-10-19(11-9-17)23-13-12-16(2)3/h5-11,14,16,21H,4,12-13,15H2,1-3H3. The second-order valence-corrected chi connectivity index (χ2v) is 5.99. The number of hydrogen-bond donors (Lipinski definition) is 1. The van der Waals surface area contributed by atoms with Crippen molar-refractivity contribution in [2.75, 3.05) is 18.5 Å². The number of hydrogen-bond acceptors (Lipinski definition) is 3. The van der Waals surface area contributed by atoms with E-state index in [1.165, 1.54) is 5.56 Å². The first-order chi connectivity index (χ1) is 11.2. The smallest absolute Gasteiger partial charge is 0.121 e. The Balaban J connectivity index is 1.82.